The van der Waals surface area contributed by atoms with Gasteiger partial charge in [-0.05, 0) is 42.5 Å². The zero-order valence-corrected chi connectivity index (χ0v) is 15.3. The molecule has 0 fully saturated rings. The molecular formula is C20H14N4O6. The van der Waals surface area contributed by atoms with E-state index in [4.69, 9.17) is 0 Å². The first kappa shape index (κ1) is 20.1. The molecule has 0 aliphatic rings. The first-order valence-electron chi connectivity index (χ1n) is 8.55. The highest BCUT2D eigenvalue weighted by molar-refractivity contribution is 6.06. The Balaban J connectivity index is 1.64. The first-order valence-corrected chi connectivity index (χ1v) is 8.55. The van der Waals surface area contributed by atoms with Crippen LogP contribution < -0.4 is 10.6 Å². The number of hydrogen-bond donors (Lipinski definition) is 2. The van der Waals surface area contributed by atoms with Gasteiger partial charge in [-0.1, -0.05) is 6.07 Å². The number of amides is 2. The maximum atomic E-state index is 12.3. The largest absolute Gasteiger partial charge is 0.322 e. The smallest absolute Gasteiger partial charge is 0.271 e. The van der Waals surface area contributed by atoms with E-state index >= 15 is 0 Å². The van der Waals surface area contributed by atoms with Gasteiger partial charge in [0.05, 0.1) is 9.85 Å². The summed E-state index contributed by atoms with van der Waals surface area (Å²) in [7, 11) is 0. The highest BCUT2D eigenvalue weighted by Gasteiger charge is 2.12. The number of nitrogens with zero attached hydrogens (tertiary/aromatic N) is 2. The molecule has 2 N–H and O–H groups in total. The molecule has 0 saturated carbocycles. The van der Waals surface area contributed by atoms with Crippen LogP contribution in [-0.4, -0.2) is 21.7 Å². The molecule has 3 aromatic rings. The van der Waals surface area contributed by atoms with Crippen LogP contribution >= 0.6 is 0 Å². The SMILES string of the molecule is O=C(Nc1ccc(C(=O)Nc2cccc([N+](=O)[O-])c2)cc1)c1ccc([N+](=O)[O-])cc1. The number of carbonyl (C=O) groups is 2. The van der Waals surface area contributed by atoms with Crippen molar-refractivity contribution >= 4 is 34.6 Å². The van der Waals surface area contributed by atoms with Crippen molar-refractivity contribution in [2.45, 2.75) is 0 Å². The van der Waals surface area contributed by atoms with Gasteiger partial charge < -0.3 is 10.6 Å². The molecule has 0 bridgehead atoms. The summed E-state index contributed by atoms with van der Waals surface area (Å²) >= 11 is 0. The maximum Gasteiger partial charge on any atom is 0.271 e. The molecule has 150 valence electrons. The summed E-state index contributed by atoms with van der Waals surface area (Å²) in [6.45, 7) is 0. The standard InChI is InChI=1S/C20H14N4O6/c25-19(14-6-10-17(11-7-14)23(27)28)21-15-8-4-13(5-9-15)20(26)22-16-2-1-3-18(12-16)24(29)30/h1-12H,(H,21,25)(H,22,26). The number of rotatable bonds is 6. The van der Waals surface area contributed by atoms with Crippen LogP contribution in [0.25, 0.3) is 0 Å². The van der Waals surface area contributed by atoms with E-state index in [1.165, 1.54) is 72.8 Å². The average molecular weight is 406 g/mol. The second-order valence-electron chi connectivity index (χ2n) is 6.10. The molecule has 30 heavy (non-hydrogen) atoms. The zero-order valence-electron chi connectivity index (χ0n) is 15.3. The van der Waals surface area contributed by atoms with Crippen LogP contribution in [0.2, 0.25) is 0 Å². The van der Waals surface area contributed by atoms with Crippen LogP contribution in [0.4, 0.5) is 22.7 Å². The van der Waals surface area contributed by atoms with Gasteiger partial charge in [-0.25, -0.2) is 0 Å². The fourth-order valence-corrected chi connectivity index (χ4v) is 2.54. The van der Waals surface area contributed by atoms with E-state index < -0.39 is 21.7 Å². The molecule has 0 atom stereocenters. The third-order valence-corrected chi connectivity index (χ3v) is 4.06. The number of benzene rings is 3. The second-order valence-corrected chi connectivity index (χ2v) is 6.10. The topological polar surface area (TPSA) is 144 Å². The summed E-state index contributed by atoms with van der Waals surface area (Å²) in [5.41, 5.74) is 0.973. The molecule has 0 unspecified atom stereocenters. The summed E-state index contributed by atoms with van der Waals surface area (Å²) in [6, 6.07) is 16.7. The minimum atomic E-state index is -0.557. The molecule has 0 aromatic heterocycles. The van der Waals surface area contributed by atoms with E-state index in [0.717, 1.165) is 0 Å². The normalized spacial score (nSPS) is 10.1. The van der Waals surface area contributed by atoms with Crippen LogP contribution in [0, 0.1) is 20.2 Å². The van der Waals surface area contributed by atoms with E-state index in [1.807, 2.05) is 0 Å². The van der Waals surface area contributed by atoms with Crippen molar-refractivity contribution in [3.63, 3.8) is 0 Å². The van der Waals surface area contributed by atoms with Gasteiger partial charge in [-0.2, -0.15) is 0 Å². The highest BCUT2D eigenvalue weighted by atomic mass is 16.6. The molecule has 0 saturated heterocycles. The van der Waals surface area contributed by atoms with Crippen LogP contribution in [-0.2, 0) is 0 Å². The fourth-order valence-electron chi connectivity index (χ4n) is 2.54. The Hall–Kier alpha value is -4.60. The van der Waals surface area contributed by atoms with E-state index in [-0.39, 0.29) is 28.2 Å². The minimum absolute atomic E-state index is 0.120. The van der Waals surface area contributed by atoms with Crippen molar-refractivity contribution in [2.75, 3.05) is 10.6 Å². The van der Waals surface area contributed by atoms with Crippen LogP contribution in [0.1, 0.15) is 20.7 Å². The number of nitro benzene ring substituents is 2. The monoisotopic (exact) mass is 406 g/mol. The Labute approximate surface area is 169 Å². The first-order chi connectivity index (χ1) is 14.3. The second kappa shape index (κ2) is 8.61. The molecule has 3 rings (SSSR count). The van der Waals surface area contributed by atoms with Gasteiger partial charge in [0.25, 0.3) is 23.2 Å². The van der Waals surface area contributed by atoms with E-state index in [1.54, 1.807) is 0 Å². The quantitative estimate of drug-likeness (QED) is 0.467. The molecule has 3 aromatic carbocycles. The van der Waals surface area contributed by atoms with Crippen molar-refractivity contribution in [3.05, 3.63) is 104 Å². The predicted molar refractivity (Wildman–Crippen MR) is 109 cm³/mol. The van der Waals surface area contributed by atoms with Crippen molar-refractivity contribution < 1.29 is 19.4 Å². The van der Waals surface area contributed by atoms with Crippen molar-refractivity contribution in [3.8, 4) is 0 Å². The van der Waals surface area contributed by atoms with Gasteiger partial charge in [0.15, 0.2) is 0 Å². The molecule has 2 amide bonds. The molecule has 0 heterocycles. The van der Waals surface area contributed by atoms with E-state index in [9.17, 15) is 29.8 Å². The summed E-state index contributed by atoms with van der Waals surface area (Å²) in [5, 5.41) is 26.7. The third-order valence-electron chi connectivity index (χ3n) is 4.06. The number of anilines is 2. The van der Waals surface area contributed by atoms with Gasteiger partial charge in [0, 0.05) is 46.8 Å². The predicted octanol–water partition coefficient (Wildman–Crippen LogP) is 4.01. The highest BCUT2D eigenvalue weighted by Crippen LogP contribution is 2.19. The molecule has 10 heteroatoms. The Bertz CT molecular complexity index is 1130. The summed E-state index contributed by atoms with van der Waals surface area (Å²) in [4.78, 5) is 44.9. The molecule has 0 spiro atoms. The van der Waals surface area contributed by atoms with Gasteiger partial charge in [-0.3, -0.25) is 29.8 Å². The molecule has 0 aliphatic carbocycles. The molecule has 0 aliphatic heterocycles. The lowest BCUT2D eigenvalue weighted by atomic mass is 10.1. The van der Waals surface area contributed by atoms with Gasteiger partial charge >= 0.3 is 0 Å². The zero-order chi connectivity index (χ0) is 21.7. The van der Waals surface area contributed by atoms with Crippen molar-refractivity contribution in [1.82, 2.24) is 0 Å². The van der Waals surface area contributed by atoms with Crippen LogP contribution in [0.3, 0.4) is 0 Å². The Morgan fingerprint density at radius 3 is 1.67 bits per heavy atom. The fraction of sp³-hybridized carbons (Fsp3) is 0. The number of nitro groups is 2. The van der Waals surface area contributed by atoms with E-state index in [0.29, 0.717) is 5.69 Å². The Morgan fingerprint density at radius 1 is 0.633 bits per heavy atom. The molecule has 10 nitrogen and oxygen atoms in total. The summed E-state index contributed by atoms with van der Waals surface area (Å²) < 4.78 is 0. The Kier molecular flexibility index (Phi) is 5.78. The number of carbonyl (C=O) groups excluding carboxylic acids is 2. The minimum Gasteiger partial charge on any atom is -0.322 e. The van der Waals surface area contributed by atoms with Crippen LogP contribution in [0.15, 0.2) is 72.8 Å². The third kappa shape index (κ3) is 4.81. The lowest BCUT2D eigenvalue weighted by molar-refractivity contribution is -0.385. The van der Waals surface area contributed by atoms with E-state index in [2.05, 4.69) is 10.6 Å². The van der Waals surface area contributed by atoms with Crippen molar-refractivity contribution in [2.24, 2.45) is 0 Å². The molecule has 0 radical (unpaired) electrons. The van der Waals surface area contributed by atoms with Crippen LogP contribution in [0.5, 0.6) is 0 Å². The lowest BCUT2D eigenvalue weighted by Crippen LogP contribution is -2.13. The average Bonchev–Trinajstić information content (AvgIpc) is 2.74. The summed E-state index contributed by atoms with van der Waals surface area (Å²) in [5.74, 6) is -0.928. The van der Waals surface area contributed by atoms with Crippen molar-refractivity contribution in [1.29, 1.82) is 0 Å². The number of nitrogens with one attached hydrogen (secondary N) is 2. The maximum absolute atomic E-state index is 12.3. The number of non-ortho nitro benzene ring substituents is 2. The lowest BCUT2D eigenvalue weighted by Gasteiger charge is -2.08. The molecular weight excluding hydrogens is 392 g/mol. The van der Waals surface area contributed by atoms with Gasteiger partial charge in [0.1, 0.15) is 0 Å². The Morgan fingerprint density at radius 2 is 1.13 bits per heavy atom. The summed E-state index contributed by atoms with van der Waals surface area (Å²) in [6.07, 6.45) is 0. The van der Waals surface area contributed by atoms with Gasteiger partial charge in [0.2, 0.25) is 0 Å². The van der Waals surface area contributed by atoms with Gasteiger partial charge in [-0.15, -0.1) is 0 Å². The number of hydrogen-bond acceptors (Lipinski definition) is 6.